The summed E-state index contributed by atoms with van der Waals surface area (Å²) in [6.07, 6.45) is 0. The number of benzene rings is 3. The number of amides is 1. The van der Waals surface area contributed by atoms with Crippen LogP contribution in [-0.2, 0) is 14.8 Å². The number of nitrogens with zero attached hydrogens (tertiary/aromatic N) is 3. The summed E-state index contributed by atoms with van der Waals surface area (Å²) in [5, 5.41) is 1.84. The van der Waals surface area contributed by atoms with Crippen LogP contribution in [-0.4, -0.2) is 54.3 Å². The number of hydrogen-bond donors (Lipinski definition) is 0. The van der Waals surface area contributed by atoms with Gasteiger partial charge in [-0.3, -0.25) is 9.36 Å². The van der Waals surface area contributed by atoms with Crippen molar-refractivity contribution in [2.45, 2.75) is 17.9 Å². The lowest BCUT2D eigenvalue weighted by atomic mass is 10.1. The van der Waals surface area contributed by atoms with Crippen molar-refractivity contribution in [3.8, 4) is 0 Å². The molecular formula is C24H23N3O5S. The number of oxazole rings is 1. The van der Waals surface area contributed by atoms with Crippen LogP contribution in [0.2, 0.25) is 0 Å². The fraction of sp³-hybridized carbons (Fsp3) is 0.250. The summed E-state index contributed by atoms with van der Waals surface area (Å²) in [6, 6.07) is 18.9. The third-order valence-electron chi connectivity index (χ3n) is 6.17. The molecule has 1 saturated heterocycles. The van der Waals surface area contributed by atoms with Gasteiger partial charge in [-0.2, -0.15) is 4.31 Å². The van der Waals surface area contributed by atoms with Crippen molar-refractivity contribution in [1.82, 2.24) is 13.8 Å². The molecule has 1 aliphatic rings. The van der Waals surface area contributed by atoms with Crippen LogP contribution in [0.5, 0.6) is 0 Å². The molecule has 1 atom stereocenters. The Labute approximate surface area is 190 Å². The fourth-order valence-electron chi connectivity index (χ4n) is 4.35. The molecule has 1 amide bonds. The van der Waals surface area contributed by atoms with Crippen LogP contribution in [0, 0.1) is 0 Å². The highest BCUT2D eigenvalue weighted by Crippen LogP contribution is 2.24. The highest BCUT2D eigenvalue weighted by molar-refractivity contribution is 7.89. The van der Waals surface area contributed by atoms with Gasteiger partial charge in [-0.25, -0.2) is 13.2 Å². The number of hydrogen-bond acceptors (Lipinski definition) is 5. The fourth-order valence-corrected chi connectivity index (χ4v) is 5.81. The average molecular weight is 466 g/mol. The lowest BCUT2D eigenvalue weighted by molar-refractivity contribution is -0.135. The molecule has 3 aromatic carbocycles. The summed E-state index contributed by atoms with van der Waals surface area (Å²) < 4.78 is 34.4. The summed E-state index contributed by atoms with van der Waals surface area (Å²) >= 11 is 0. The highest BCUT2D eigenvalue weighted by atomic mass is 32.2. The predicted octanol–water partition coefficient (Wildman–Crippen LogP) is 2.84. The molecule has 9 heteroatoms. The summed E-state index contributed by atoms with van der Waals surface area (Å²) in [5.74, 6) is -0.832. The molecule has 1 aromatic heterocycles. The van der Waals surface area contributed by atoms with E-state index < -0.39 is 21.8 Å². The largest absolute Gasteiger partial charge is 0.420 e. The van der Waals surface area contributed by atoms with Crippen LogP contribution in [0.25, 0.3) is 21.9 Å². The summed E-state index contributed by atoms with van der Waals surface area (Å²) in [5.41, 5.74) is 0.981. The van der Waals surface area contributed by atoms with Crippen molar-refractivity contribution in [3.05, 3.63) is 77.3 Å². The van der Waals surface area contributed by atoms with Gasteiger partial charge in [0.15, 0.2) is 5.58 Å². The molecular weight excluding hydrogens is 442 g/mol. The number of aromatic nitrogens is 1. The number of para-hydroxylation sites is 2. The molecule has 0 aliphatic carbocycles. The SMILES string of the molecule is CC(C(=O)N1CCN(S(=O)(=O)c2ccc3ccccc3c2)CC1)n1c(=O)oc2ccccc21. The maximum atomic E-state index is 13.2. The lowest BCUT2D eigenvalue weighted by Gasteiger charge is -2.35. The first kappa shape index (κ1) is 21.4. The molecule has 4 aromatic rings. The van der Waals surface area contributed by atoms with Crippen molar-refractivity contribution in [3.63, 3.8) is 0 Å². The van der Waals surface area contributed by atoms with Crippen molar-refractivity contribution < 1.29 is 17.6 Å². The number of piperazine rings is 1. The summed E-state index contributed by atoms with van der Waals surface area (Å²) in [6.45, 7) is 2.54. The van der Waals surface area contributed by atoms with E-state index in [1.54, 1.807) is 54.3 Å². The summed E-state index contributed by atoms with van der Waals surface area (Å²) in [7, 11) is -3.68. The van der Waals surface area contributed by atoms with E-state index in [-0.39, 0.29) is 37.0 Å². The Morgan fingerprint density at radius 1 is 0.909 bits per heavy atom. The molecule has 0 N–H and O–H groups in total. The molecule has 1 aliphatic heterocycles. The number of sulfonamides is 1. The van der Waals surface area contributed by atoms with Gasteiger partial charge >= 0.3 is 5.76 Å². The van der Waals surface area contributed by atoms with Gasteiger partial charge in [-0.1, -0.05) is 42.5 Å². The monoisotopic (exact) mass is 465 g/mol. The Morgan fingerprint density at radius 2 is 1.58 bits per heavy atom. The minimum absolute atomic E-state index is 0.189. The van der Waals surface area contributed by atoms with Gasteiger partial charge in [-0.05, 0) is 42.0 Å². The van der Waals surface area contributed by atoms with Crippen molar-refractivity contribution in [1.29, 1.82) is 0 Å². The van der Waals surface area contributed by atoms with Crippen LogP contribution in [0.4, 0.5) is 0 Å². The summed E-state index contributed by atoms with van der Waals surface area (Å²) in [4.78, 5) is 27.3. The Bertz CT molecular complexity index is 1510. The van der Waals surface area contributed by atoms with Crippen LogP contribution >= 0.6 is 0 Å². The van der Waals surface area contributed by atoms with E-state index in [4.69, 9.17) is 4.42 Å². The van der Waals surface area contributed by atoms with E-state index in [1.165, 1.54) is 8.87 Å². The second kappa shape index (κ2) is 8.17. The van der Waals surface area contributed by atoms with Gasteiger partial charge in [0, 0.05) is 26.2 Å². The maximum absolute atomic E-state index is 13.2. The van der Waals surface area contributed by atoms with Gasteiger partial charge in [0.1, 0.15) is 6.04 Å². The highest BCUT2D eigenvalue weighted by Gasteiger charge is 2.33. The Balaban J connectivity index is 1.32. The molecule has 2 heterocycles. The Morgan fingerprint density at radius 3 is 2.33 bits per heavy atom. The first-order valence-electron chi connectivity index (χ1n) is 10.7. The second-order valence-electron chi connectivity index (χ2n) is 8.12. The van der Waals surface area contributed by atoms with E-state index in [2.05, 4.69) is 0 Å². The zero-order valence-corrected chi connectivity index (χ0v) is 18.9. The normalized spacial score (nSPS) is 16.3. The molecule has 0 saturated carbocycles. The molecule has 1 unspecified atom stereocenters. The molecule has 33 heavy (non-hydrogen) atoms. The molecule has 0 bridgehead atoms. The van der Waals surface area contributed by atoms with Crippen LogP contribution < -0.4 is 5.76 Å². The quantitative estimate of drug-likeness (QED) is 0.462. The van der Waals surface area contributed by atoms with E-state index in [9.17, 15) is 18.0 Å². The van der Waals surface area contributed by atoms with Crippen molar-refractivity contribution in [2.75, 3.05) is 26.2 Å². The Kier molecular flexibility index (Phi) is 5.30. The van der Waals surface area contributed by atoms with Crippen LogP contribution in [0.1, 0.15) is 13.0 Å². The molecule has 170 valence electrons. The number of rotatable bonds is 4. The minimum Gasteiger partial charge on any atom is -0.408 e. The minimum atomic E-state index is -3.68. The predicted molar refractivity (Wildman–Crippen MR) is 124 cm³/mol. The third kappa shape index (κ3) is 3.73. The van der Waals surface area contributed by atoms with Crippen LogP contribution in [0.15, 0.2) is 80.8 Å². The Hall–Kier alpha value is -3.43. The van der Waals surface area contributed by atoms with Gasteiger partial charge < -0.3 is 9.32 Å². The number of carbonyl (C=O) groups is 1. The third-order valence-corrected chi connectivity index (χ3v) is 8.07. The molecule has 5 rings (SSSR count). The molecule has 0 spiro atoms. The van der Waals surface area contributed by atoms with E-state index in [1.807, 2.05) is 24.3 Å². The first-order chi connectivity index (χ1) is 15.9. The molecule has 0 radical (unpaired) electrons. The lowest BCUT2D eigenvalue weighted by Crippen LogP contribution is -2.52. The number of carbonyl (C=O) groups excluding carboxylic acids is 1. The zero-order chi connectivity index (χ0) is 23.2. The van der Waals surface area contributed by atoms with E-state index >= 15 is 0 Å². The van der Waals surface area contributed by atoms with E-state index in [0.717, 1.165) is 10.8 Å². The van der Waals surface area contributed by atoms with Gasteiger partial charge in [0.25, 0.3) is 0 Å². The van der Waals surface area contributed by atoms with Crippen molar-refractivity contribution >= 4 is 37.8 Å². The second-order valence-corrected chi connectivity index (χ2v) is 10.1. The average Bonchev–Trinajstić information content (AvgIpc) is 3.18. The molecule has 1 fully saturated rings. The molecule has 8 nitrogen and oxygen atoms in total. The zero-order valence-electron chi connectivity index (χ0n) is 18.0. The van der Waals surface area contributed by atoms with E-state index in [0.29, 0.717) is 11.1 Å². The van der Waals surface area contributed by atoms with Crippen LogP contribution in [0.3, 0.4) is 0 Å². The first-order valence-corrected chi connectivity index (χ1v) is 12.2. The van der Waals surface area contributed by atoms with Gasteiger partial charge in [0.2, 0.25) is 15.9 Å². The van der Waals surface area contributed by atoms with Crippen molar-refractivity contribution in [2.24, 2.45) is 0 Å². The van der Waals surface area contributed by atoms with Gasteiger partial charge in [0.05, 0.1) is 10.4 Å². The smallest absolute Gasteiger partial charge is 0.408 e. The number of fused-ring (bicyclic) bond motifs is 2. The standard InChI is InChI=1S/C24H23N3O5S/c1-17(27-21-8-4-5-9-22(21)32-24(27)29)23(28)25-12-14-26(15-13-25)33(30,31)20-11-10-18-6-2-3-7-19(18)16-20/h2-11,16-17H,12-15H2,1H3. The maximum Gasteiger partial charge on any atom is 0.420 e. The topological polar surface area (TPSA) is 92.8 Å². The van der Waals surface area contributed by atoms with Gasteiger partial charge in [-0.15, -0.1) is 0 Å².